The van der Waals surface area contributed by atoms with E-state index in [1.165, 1.54) is 38.5 Å². The summed E-state index contributed by atoms with van der Waals surface area (Å²) in [4.78, 5) is 24.3. The Labute approximate surface area is 281 Å². The number of hydrogen-bond acceptors (Lipinski definition) is 7. The van der Waals surface area contributed by atoms with Crippen LogP contribution in [0.1, 0.15) is 155 Å². The van der Waals surface area contributed by atoms with Crippen LogP contribution in [0, 0.1) is 0 Å². The fraction of sp³-hybridized carbons (Fsp3) is 0.744. The van der Waals surface area contributed by atoms with Crippen LogP contribution < -0.4 is 0 Å². The zero-order valence-electron chi connectivity index (χ0n) is 29.3. The number of carbonyl (C=O) groups excluding carboxylic acids is 2. The minimum atomic E-state index is -0.997. The maximum Gasteiger partial charge on any atom is 0.308 e. The van der Waals surface area contributed by atoms with Crippen LogP contribution in [-0.4, -0.2) is 58.8 Å². The molecule has 0 saturated carbocycles. The number of esters is 2. The topological polar surface area (TPSA) is 113 Å². The van der Waals surface area contributed by atoms with Crippen molar-refractivity contribution in [1.29, 1.82) is 0 Å². The van der Waals surface area contributed by atoms with E-state index in [1.807, 2.05) is 0 Å². The number of carbonyl (C=O) groups is 2. The number of hydrogen-bond donors (Lipinski definition) is 3. The predicted octanol–water partition coefficient (Wildman–Crippen LogP) is 9.00. The molecule has 3 atom stereocenters. The molecule has 0 aliphatic carbocycles. The average molecular weight is 649 g/mol. The SMILES string of the molecule is CCCCC/C=C\C/C=C\CCCCCC(O)CC(=O)OCC(CO)OC(=O)CC(O)CCCCC/C=C\C/C=C\CCCCC. The summed E-state index contributed by atoms with van der Waals surface area (Å²) in [5.74, 6) is -1.23. The summed E-state index contributed by atoms with van der Waals surface area (Å²) >= 11 is 0. The summed E-state index contributed by atoms with van der Waals surface area (Å²) in [5.41, 5.74) is 0. The van der Waals surface area contributed by atoms with E-state index < -0.39 is 36.9 Å². The first-order valence-corrected chi connectivity index (χ1v) is 18.3. The van der Waals surface area contributed by atoms with Gasteiger partial charge in [0, 0.05) is 0 Å². The molecule has 0 radical (unpaired) electrons. The van der Waals surface area contributed by atoms with Crippen LogP contribution in [-0.2, 0) is 19.1 Å². The first kappa shape index (κ1) is 43.8. The van der Waals surface area contributed by atoms with Gasteiger partial charge in [-0.05, 0) is 77.0 Å². The maximum absolute atomic E-state index is 12.2. The summed E-state index contributed by atoms with van der Waals surface area (Å²) in [6.45, 7) is 3.65. The van der Waals surface area contributed by atoms with Crippen molar-refractivity contribution in [2.45, 2.75) is 173 Å². The molecular formula is C39H68O7. The largest absolute Gasteiger partial charge is 0.462 e. The Kier molecular flexibility index (Phi) is 32.5. The third-order valence-electron chi connectivity index (χ3n) is 7.71. The molecule has 0 aromatic rings. The van der Waals surface area contributed by atoms with Crippen LogP contribution >= 0.6 is 0 Å². The highest BCUT2D eigenvalue weighted by Crippen LogP contribution is 2.12. The Balaban J connectivity index is 3.87. The van der Waals surface area contributed by atoms with E-state index in [0.717, 1.165) is 77.0 Å². The van der Waals surface area contributed by atoms with Crippen molar-refractivity contribution in [3.05, 3.63) is 48.6 Å². The fourth-order valence-corrected chi connectivity index (χ4v) is 4.87. The van der Waals surface area contributed by atoms with Crippen molar-refractivity contribution < 1.29 is 34.4 Å². The minimum absolute atomic E-state index is 0.138. The normalized spacial score (nSPS) is 14.1. The van der Waals surface area contributed by atoms with Gasteiger partial charge in [-0.3, -0.25) is 9.59 Å². The predicted molar refractivity (Wildman–Crippen MR) is 189 cm³/mol. The standard InChI is InChI=1S/C39H68O7/c1-3-5-7-9-11-13-15-17-19-21-23-25-27-29-35(41)31-38(43)45-34-37(33-40)46-39(44)32-36(42)30-28-26-24-22-20-18-16-14-12-10-8-6-4-2/h11-14,17-20,35-37,40-42H,3-10,15-16,21-34H2,1-2H3/b13-11-,14-12-,19-17-,20-18-. The van der Waals surface area contributed by atoms with Crippen LogP contribution in [0.25, 0.3) is 0 Å². The van der Waals surface area contributed by atoms with Crippen LogP contribution in [0.5, 0.6) is 0 Å². The summed E-state index contributed by atoms with van der Waals surface area (Å²) in [5, 5.41) is 29.9. The van der Waals surface area contributed by atoms with E-state index in [0.29, 0.717) is 12.8 Å². The molecule has 7 heteroatoms. The third kappa shape index (κ3) is 31.7. The number of aliphatic hydroxyl groups is 3. The molecule has 266 valence electrons. The van der Waals surface area contributed by atoms with Crippen molar-refractivity contribution in [3.63, 3.8) is 0 Å². The van der Waals surface area contributed by atoms with Gasteiger partial charge in [0.1, 0.15) is 6.61 Å². The Hall–Kier alpha value is -2.22. The van der Waals surface area contributed by atoms with E-state index in [9.17, 15) is 24.9 Å². The van der Waals surface area contributed by atoms with E-state index in [2.05, 4.69) is 62.5 Å². The number of rotatable bonds is 32. The summed E-state index contributed by atoms with van der Waals surface area (Å²) < 4.78 is 10.3. The second-order valence-electron chi connectivity index (χ2n) is 12.3. The van der Waals surface area contributed by atoms with Gasteiger partial charge in [-0.15, -0.1) is 0 Å². The lowest BCUT2D eigenvalue weighted by molar-refractivity contribution is -0.163. The zero-order valence-corrected chi connectivity index (χ0v) is 29.3. The van der Waals surface area contributed by atoms with Gasteiger partial charge in [0.05, 0.1) is 31.7 Å². The van der Waals surface area contributed by atoms with Crippen molar-refractivity contribution in [1.82, 2.24) is 0 Å². The van der Waals surface area contributed by atoms with Crippen LogP contribution in [0.2, 0.25) is 0 Å². The maximum atomic E-state index is 12.2. The molecule has 0 spiro atoms. The molecular weight excluding hydrogens is 580 g/mol. The van der Waals surface area contributed by atoms with Crippen LogP contribution in [0.3, 0.4) is 0 Å². The molecule has 0 fully saturated rings. The van der Waals surface area contributed by atoms with Crippen molar-refractivity contribution in [2.24, 2.45) is 0 Å². The van der Waals surface area contributed by atoms with Crippen molar-refractivity contribution in [2.75, 3.05) is 13.2 Å². The Morgan fingerprint density at radius 2 is 0.978 bits per heavy atom. The van der Waals surface area contributed by atoms with E-state index >= 15 is 0 Å². The highest BCUT2D eigenvalue weighted by molar-refractivity contribution is 5.71. The molecule has 7 nitrogen and oxygen atoms in total. The molecule has 0 saturated heterocycles. The van der Waals surface area contributed by atoms with Gasteiger partial charge in [0.2, 0.25) is 0 Å². The fourth-order valence-electron chi connectivity index (χ4n) is 4.87. The lowest BCUT2D eigenvalue weighted by atomic mass is 10.1. The number of unbranched alkanes of at least 4 members (excludes halogenated alkanes) is 12. The molecule has 0 rings (SSSR count). The van der Waals surface area contributed by atoms with E-state index in [-0.39, 0.29) is 19.4 Å². The Morgan fingerprint density at radius 3 is 1.39 bits per heavy atom. The molecule has 0 aliphatic rings. The molecule has 0 heterocycles. The molecule has 0 aromatic carbocycles. The molecule has 3 N–H and O–H groups in total. The highest BCUT2D eigenvalue weighted by atomic mass is 16.6. The second-order valence-corrected chi connectivity index (χ2v) is 12.3. The highest BCUT2D eigenvalue weighted by Gasteiger charge is 2.20. The summed E-state index contributed by atoms with van der Waals surface area (Å²) in [6, 6.07) is 0. The lowest BCUT2D eigenvalue weighted by Crippen LogP contribution is -2.30. The summed E-state index contributed by atoms with van der Waals surface area (Å²) in [6.07, 6.45) is 35.4. The number of allylic oxidation sites excluding steroid dienone is 8. The number of ether oxygens (including phenoxy) is 2. The quantitative estimate of drug-likeness (QED) is 0.0379. The zero-order chi connectivity index (χ0) is 33.9. The van der Waals surface area contributed by atoms with E-state index in [4.69, 9.17) is 9.47 Å². The Morgan fingerprint density at radius 1 is 0.565 bits per heavy atom. The molecule has 0 bridgehead atoms. The van der Waals surface area contributed by atoms with Gasteiger partial charge < -0.3 is 24.8 Å². The van der Waals surface area contributed by atoms with Crippen molar-refractivity contribution in [3.8, 4) is 0 Å². The van der Waals surface area contributed by atoms with Gasteiger partial charge >= 0.3 is 11.9 Å². The lowest BCUT2D eigenvalue weighted by Gasteiger charge is -2.17. The van der Waals surface area contributed by atoms with Gasteiger partial charge in [0.15, 0.2) is 6.10 Å². The second kappa shape index (κ2) is 34.1. The van der Waals surface area contributed by atoms with Gasteiger partial charge in [0.25, 0.3) is 0 Å². The molecule has 0 aliphatic heterocycles. The first-order chi connectivity index (χ1) is 22.4. The molecule has 46 heavy (non-hydrogen) atoms. The van der Waals surface area contributed by atoms with Crippen LogP contribution in [0.15, 0.2) is 48.6 Å². The molecule has 3 unspecified atom stereocenters. The first-order valence-electron chi connectivity index (χ1n) is 18.3. The monoisotopic (exact) mass is 648 g/mol. The summed E-state index contributed by atoms with van der Waals surface area (Å²) in [7, 11) is 0. The molecule has 0 aromatic heterocycles. The smallest absolute Gasteiger partial charge is 0.308 e. The molecule has 0 amide bonds. The van der Waals surface area contributed by atoms with Crippen LogP contribution in [0.4, 0.5) is 0 Å². The van der Waals surface area contributed by atoms with Gasteiger partial charge in [-0.2, -0.15) is 0 Å². The van der Waals surface area contributed by atoms with Gasteiger partial charge in [-0.25, -0.2) is 0 Å². The third-order valence-corrected chi connectivity index (χ3v) is 7.71. The Bertz CT molecular complexity index is 817. The number of aliphatic hydroxyl groups excluding tert-OH is 3. The van der Waals surface area contributed by atoms with Crippen molar-refractivity contribution >= 4 is 11.9 Å². The minimum Gasteiger partial charge on any atom is -0.462 e. The van der Waals surface area contributed by atoms with Gasteiger partial charge in [-0.1, -0.05) is 114 Å². The average Bonchev–Trinajstić information content (AvgIpc) is 3.03. The van der Waals surface area contributed by atoms with E-state index in [1.54, 1.807) is 0 Å².